The molecule has 0 aliphatic carbocycles. The highest BCUT2D eigenvalue weighted by atomic mass is 32.2. The summed E-state index contributed by atoms with van der Waals surface area (Å²) in [4.78, 5) is 0.156. The summed E-state index contributed by atoms with van der Waals surface area (Å²) in [5.74, 6) is 0. The molecule has 0 unspecified atom stereocenters. The van der Waals surface area contributed by atoms with Crippen LogP contribution in [0.5, 0.6) is 0 Å². The highest BCUT2D eigenvalue weighted by Crippen LogP contribution is 2.12. The molecule has 20 heavy (non-hydrogen) atoms. The predicted molar refractivity (Wildman–Crippen MR) is 77.0 cm³/mol. The van der Waals surface area contributed by atoms with Gasteiger partial charge in [-0.2, -0.15) is 4.68 Å². The van der Waals surface area contributed by atoms with E-state index in [0.717, 1.165) is 17.5 Å². The minimum atomic E-state index is -3.69. The number of rotatable bonds is 4. The number of sulfonamides is 1. The third-order valence-corrected chi connectivity index (χ3v) is 3.86. The molecule has 2 rings (SSSR count). The van der Waals surface area contributed by atoms with Crippen molar-refractivity contribution in [2.24, 2.45) is 4.40 Å². The van der Waals surface area contributed by atoms with Crippen molar-refractivity contribution in [1.29, 1.82) is 0 Å². The molecule has 0 spiro atoms. The summed E-state index contributed by atoms with van der Waals surface area (Å²) in [6.45, 7) is 3.82. The Morgan fingerprint density at radius 3 is 2.45 bits per heavy atom. The number of nitrogens with zero attached hydrogens (tertiary/aromatic N) is 3. The van der Waals surface area contributed by atoms with Crippen LogP contribution in [0.2, 0.25) is 0 Å². The average molecular weight is 289 g/mol. The highest BCUT2D eigenvalue weighted by molar-refractivity contribution is 7.90. The van der Waals surface area contributed by atoms with Crippen LogP contribution in [-0.4, -0.2) is 14.8 Å². The fraction of sp³-hybridized carbons (Fsp3) is 0.143. The molecule has 0 bridgehead atoms. The van der Waals surface area contributed by atoms with Gasteiger partial charge >= 0.3 is 0 Å². The minimum absolute atomic E-state index is 0.156. The van der Waals surface area contributed by atoms with Gasteiger partial charge in [0.15, 0.2) is 12.4 Å². The number of pyridine rings is 1. The van der Waals surface area contributed by atoms with E-state index in [1.165, 1.54) is 16.8 Å². The molecule has 0 aliphatic heterocycles. The number of aryl methyl sites for hydroxylation is 2. The third kappa shape index (κ3) is 3.64. The summed E-state index contributed by atoms with van der Waals surface area (Å²) in [5, 5.41) is 0. The Bertz CT molecular complexity index is 722. The molecule has 0 aliphatic rings. The van der Waals surface area contributed by atoms with Crippen LogP contribution in [0.4, 0.5) is 0 Å². The van der Waals surface area contributed by atoms with E-state index in [-0.39, 0.29) is 4.90 Å². The lowest BCUT2D eigenvalue weighted by Gasteiger charge is -2.05. The lowest BCUT2D eigenvalue weighted by Crippen LogP contribution is -2.28. The Labute approximate surface area is 118 Å². The Hall–Kier alpha value is -2.21. The van der Waals surface area contributed by atoms with Crippen LogP contribution in [0.1, 0.15) is 11.1 Å². The van der Waals surface area contributed by atoms with E-state index in [0.29, 0.717) is 0 Å². The second-order valence-electron chi connectivity index (χ2n) is 4.39. The molecule has 0 amide bonds. The maximum Gasteiger partial charge on any atom is 0.201 e. The van der Waals surface area contributed by atoms with Gasteiger partial charge in [-0.25, -0.2) is 13.8 Å². The second kappa shape index (κ2) is 5.83. The predicted octanol–water partition coefficient (Wildman–Crippen LogP) is 2.14. The summed E-state index contributed by atoms with van der Waals surface area (Å²) < 4.78 is 28.9. The standard InChI is InChI=1S/C14H15N3O2S/c1-12-5-7-14(8-6-12)20(18,19)16-11-15-17-9-3-4-13(2)10-17/h3-11H,1-2H3/b16-11+. The topological polar surface area (TPSA) is 64.5 Å². The molecule has 0 atom stereocenters. The largest absolute Gasteiger partial charge is 0.356 e. The zero-order chi connectivity index (χ0) is 14.6. The lowest BCUT2D eigenvalue weighted by atomic mass is 10.2. The third-order valence-electron chi connectivity index (χ3n) is 2.62. The van der Waals surface area contributed by atoms with E-state index in [1.54, 1.807) is 24.5 Å². The first kappa shape index (κ1) is 14.2. The van der Waals surface area contributed by atoms with Gasteiger partial charge in [-0.3, -0.25) is 0 Å². The maximum absolute atomic E-state index is 11.9. The lowest BCUT2D eigenvalue weighted by molar-refractivity contribution is -0.616. The molecule has 5 nitrogen and oxygen atoms in total. The Morgan fingerprint density at radius 1 is 1.10 bits per heavy atom. The van der Waals surface area contributed by atoms with Crippen LogP contribution in [0.25, 0.3) is 5.43 Å². The number of hydrogen-bond donors (Lipinski definition) is 0. The van der Waals surface area contributed by atoms with Crippen molar-refractivity contribution < 1.29 is 13.1 Å². The molecule has 1 heterocycles. The van der Waals surface area contributed by atoms with Gasteiger partial charge in [-0.05, 0) is 38.4 Å². The van der Waals surface area contributed by atoms with Crippen LogP contribution in [0.15, 0.2) is 58.1 Å². The molecule has 1 aromatic carbocycles. The molecule has 2 aromatic rings. The van der Waals surface area contributed by atoms with Gasteiger partial charge in [0.25, 0.3) is 0 Å². The van der Waals surface area contributed by atoms with Crippen LogP contribution < -0.4 is 4.68 Å². The van der Waals surface area contributed by atoms with Gasteiger partial charge in [0.2, 0.25) is 10.0 Å². The van der Waals surface area contributed by atoms with Crippen molar-refractivity contribution in [3.05, 3.63) is 65.3 Å². The van der Waals surface area contributed by atoms with Crippen LogP contribution >= 0.6 is 0 Å². The van der Waals surface area contributed by atoms with E-state index in [9.17, 15) is 8.42 Å². The molecule has 0 saturated carbocycles. The summed E-state index contributed by atoms with van der Waals surface area (Å²) in [7, 11) is -3.69. The number of hydrogen-bond acceptors (Lipinski definition) is 2. The first-order valence-corrected chi connectivity index (χ1v) is 7.46. The number of aromatic nitrogens is 1. The van der Waals surface area contributed by atoms with Crippen molar-refractivity contribution in [3.63, 3.8) is 0 Å². The molecular weight excluding hydrogens is 274 g/mol. The zero-order valence-electron chi connectivity index (χ0n) is 11.3. The Balaban J connectivity index is 2.12. The normalized spacial score (nSPS) is 11.7. The highest BCUT2D eigenvalue weighted by Gasteiger charge is 2.05. The van der Waals surface area contributed by atoms with E-state index < -0.39 is 10.0 Å². The Kier molecular flexibility index (Phi) is 4.14. The summed E-state index contributed by atoms with van der Waals surface area (Å²) in [6.07, 6.45) is 4.51. The first-order chi connectivity index (χ1) is 9.47. The fourth-order valence-corrected chi connectivity index (χ4v) is 2.33. The van der Waals surface area contributed by atoms with Gasteiger partial charge in [0, 0.05) is 11.6 Å². The molecule has 0 radical (unpaired) electrons. The van der Waals surface area contributed by atoms with Gasteiger partial charge in [0.05, 0.1) is 4.90 Å². The zero-order valence-corrected chi connectivity index (χ0v) is 12.1. The summed E-state index contributed by atoms with van der Waals surface area (Å²) in [6, 6.07) is 10.3. The van der Waals surface area contributed by atoms with Crippen LogP contribution in [0.3, 0.4) is 0 Å². The second-order valence-corrected chi connectivity index (χ2v) is 6.02. The molecule has 0 N–H and O–H groups in total. The smallest absolute Gasteiger partial charge is 0.201 e. The Morgan fingerprint density at radius 2 is 1.80 bits per heavy atom. The van der Waals surface area contributed by atoms with Gasteiger partial charge in [-0.1, -0.05) is 17.7 Å². The molecule has 0 fully saturated rings. The first-order valence-electron chi connectivity index (χ1n) is 6.02. The van der Waals surface area contributed by atoms with Crippen molar-refractivity contribution in [1.82, 2.24) is 0 Å². The van der Waals surface area contributed by atoms with E-state index in [4.69, 9.17) is 0 Å². The van der Waals surface area contributed by atoms with Crippen molar-refractivity contribution >= 4 is 16.4 Å². The monoisotopic (exact) mass is 289 g/mol. The van der Waals surface area contributed by atoms with Crippen molar-refractivity contribution in [2.75, 3.05) is 0 Å². The maximum atomic E-state index is 11.9. The van der Waals surface area contributed by atoms with E-state index in [1.807, 2.05) is 26.0 Å². The molecule has 6 heteroatoms. The molecular formula is C14H15N3O2S. The molecule has 104 valence electrons. The van der Waals surface area contributed by atoms with E-state index in [2.05, 4.69) is 9.82 Å². The van der Waals surface area contributed by atoms with Crippen LogP contribution in [-0.2, 0) is 10.0 Å². The van der Waals surface area contributed by atoms with Crippen molar-refractivity contribution in [3.8, 4) is 0 Å². The molecule has 1 aromatic heterocycles. The van der Waals surface area contributed by atoms with Gasteiger partial charge in [0.1, 0.15) is 0 Å². The minimum Gasteiger partial charge on any atom is -0.356 e. The fourth-order valence-electron chi connectivity index (χ4n) is 1.56. The summed E-state index contributed by atoms with van der Waals surface area (Å²) in [5.41, 5.74) is 5.95. The molecule has 0 saturated heterocycles. The van der Waals surface area contributed by atoms with Crippen molar-refractivity contribution in [2.45, 2.75) is 18.7 Å². The van der Waals surface area contributed by atoms with Gasteiger partial charge < -0.3 is 4.40 Å². The quantitative estimate of drug-likeness (QED) is 0.492. The SMILES string of the molecule is Cc1ccc(S(=O)(=O)/N=C/[N-][n+]2cccc(C)c2)cc1. The van der Waals surface area contributed by atoms with E-state index >= 15 is 0 Å². The summed E-state index contributed by atoms with van der Waals surface area (Å²) >= 11 is 0. The van der Waals surface area contributed by atoms with Gasteiger partial charge in [-0.15, -0.1) is 0 Å². The number of benzene rings is 1. The average Bonchev–Trinajstić information content (AvgIpc) is 2.39. The van der Waals surface area contributed by atoms with Crippen LogP contribution in [0, 0.1) is 13.8 Å².